The van der Waals surface area contributed by atoms with Crippen molar-refractivity contribution < 1.29 is 24.0 Å². The lowest BCUT2D eigenvalue weighted by atomic mass is 10.0. The molecule has 3 aromatic carbocycles. The highest BCUT2D eigenvalue weighted by Crippen LogP contribution is 2.18. The van der Waals surface area contributed by atoms with Crippen LogP contribution < -0.4 is 21.4 Å². The van der Waals surface area contributed by atoms with Gasteiger partial charge in [0, 0.05) is 6.54 Å². The van der Waals surface area contributed by atoms with E-state index in [1.54, 1.807) is 39.8 Å². The molecule has 2 atom stereocenters. The number of nitrogens with one attached hydrogen (secondary N) is 4. The van der Waals surface area contributed by atoms with Crippen LogP contribution in [0.4, 0.5) is 0 Å². The van der Waals surface area contributed by atoms with Crippen molar-refractivity contribution in [1.82, 2.24) is 21.4 Å². The summed E-state index contributed by atoms with van der Waals surface area (Å²) in [5.41, 5.74) is 3.38. The molecule has 0 aliphatic carbocycles. The molecule has 0 fully saturated rings. The largest absolute Gasteiger partial charge is 0.350 e. The molecule has 206 valence electrons. The summed E-state index contributed by atoms with van der Waals surface area (Å²) in [6, 6.07) is 20.6. The molecule has 0 aromatic heterocycles. The zero-order valence-corrected chi connectivity index (χ0v) is 22.7. The highest BCUT2D eigenvalue weighted by molar-refractivity contribution is 5.95. The summed E-state index contributed by atoms with van der Waals surface area (Å²) < 4.78 is 0. The average molecular weight is 533 g/mol. The zero-order valence-electron chi connectivity index (χ0n) is 22.7. The number of benzene rings is 3. The van der Waals surface area contributed by atoms with E-state index in [1.807, 2.05) is 60.7 Å². The van der Waals surface area contributed by atoms with Gasteiger partial charge in [0.05, 0.1) is 18.4 Å². The molecule has 0 bridgehead atoms. The molecule has 9 heteroatoms. The number of hydrogen-bond donors (Lipinski definition) is 4. The van der Waals surface area contributed by atoms with Crippen molar-refractivity contribution >= 4 is 34.4 Å². The van der Waals surface area contributed by atoms with Gasteiger partial charge in [-0.25, -0.2) is 5.48 Å². The van der Waals surface area contributed by atoms with Crippen LogP contribution in [0.3, 0.4) is 0 Å². The molecule has 4 amide bonds. The molecular weight excluding hydrogens is 496 g/mol. The van der Waals surface area contributed by atoms with Gasteiger partial charge < -0.3 is 16.0 Å². The Bertz CT molecular complexity index is 1300. The number of hydrogen-bond acceptors (Lipinski definition) is 5. The molecular formula is C30H36N4O5. The van der Waals surface area contributed by atoms with Crippen LogP contribution in [-0.4, -0.2) is 41.3 Å². The van der Waals surface area contributed by atoms with E-state index in [0.29, 0.717) is 0 Å². The van der Waals surface area contributed by atoms with Crippen molar-refractivity contribution in [2.75, 3.05) is 0 Å². The van der Waals surface area contributed by atoms with Crippen molar-refractivity contribution in [1.29, 1.82) is 0 Å². The van der Waals surface area contributed by atoms with Crippen molar-refractivity contribution in [3.8, 4) is 0 Å². The fraction of sp³-hybridized carbons (Fsp3) is 0.333. The van der Waals surface area contributed by atoms with Gasteiger partial charge in [-0.1, -0.05) is 72.8 Å². The predicted octanol–water partition coefficient (Wildman–Crippen LogP) is 2.92. The number of carbonyl (C=O) groups is 4. The van der Waals surface area contributed by atoms with E-state index in [2.05, 4.69) is 21.4 Å². The maximum absolute atomic E-state index is 13.1. The van der Waals surface area contributed by atoms with Crippen molar-refractivity contribution in [2.24, 2.45) is 0 Å². The van der Waals surface area contributed by atoms with E-state index < -0.39 is 41.3 Å². The van der Waals surface area contributed by atoms with Gasteiger partial charge in [0.15, 0.2) is 0 Å². The van der Waals surface area contributed by atoms with Gasteiger partial charge in [-0.2, -0.15) is 0 Å². The maximum atomic E-state index is 13.1. The highest BCUT2D eigenvalue weighted by atomic mass is 16.7. The normalized spacial score (nSPS) is 12.7. The first-order chi connectivity index (χ1) is 18.5. The van der Waals surface area contributed by atoms with E-state index >= 15 is 0 Å². The van der Waals surface area contributed by atoms with Crippen molar-refractivity contribution in [2.45, 2.75) is 64.8 Å². The summed E-state index contributed by atoms with van der Waals surface area (Å²) in [6.07, 6.45) is -0.335. The molecule has 3 rings (SSSR count). The number of amides is 4. The van der Waals surface area contributed by atoms with Crippen LogP contribution in [0.1, 0.15) is 45.2 Å². The molecule has 9 nitrogen and oxygen atoms in total. The second-order valence-electron chi connectivity index (χ2n) is 10.3. The molecule has 3 aromatic rings. The minimum atomic E-state index is -1.21. The Morgan fingerprint density at radius 3 is 2.18 bits per heavy atom. The van der Waals surface area contributed by atoms with Crippen LogP contribution in [0.2, 0.25) is 0 Å². The second-order valence-corrected chi connectivity index (χ2v) is 10.3. The first-order valence-corrected chi connectivity index (χ1v) is 12.9. The SMILES string of the molecule is C[C@H](NC(=O)[C@H](CC(=O)NOC(C)(C)C)NC(=O)Cc1ccccc1)C(=O)NCc1cccc2ccccc12. The topological polar surface area (TPSA) is 126 Å². The van der Waals surface area contributed by atoms with E-state index in [9.17, 15) is 19.2 Å². The quantitative estimate of drug-likeness (QED) is 0.283. The molecule has 4 N–H and O–H groups in total. The van der Waals surface area contributed by atoms with Crippen LogP contribution >= 0.6 is 0 Å². The van der Waals surface area contributed by atoms with Crippen LogP contribution in [0, 0.1) is 0 Å². The predicted molar refractivity (Wildman–Crippen MR) is 149 cm³/mol. The van der Waals surface area contributed by atoms with Crippen LogP contribution in [0.15, 0.2) is 72.8 Å². The number of fused-ring (bicyclic) bond motifs is 1. The smallest absolute Gasteiger partial charge is 0.246 e. The maximum Gasteiger partial charge on any atom is 0.246 e. The Morgan fingerprint density at radius 1 is 0.795 bits per heavy atom. The molecule has 0 saturated carbocycles. The second kappa shape index (κ2) is 13.5. The molecule has 0 aliphatic rings. The fourth-order valence-electron chi connectivity index (χ4n) is 3.83. The Labute approximate surface area is 228 Å². The third-order valence-corrected chi connectivity index (χ3v) is 5.80. The monoisotopic (exact) mass is 532 g/mol. The van der Waals surface area contributed by atoms with Gasteiger partial charge in [0.25, 0.3) is 0 Å². The van der Waals surface area contributed by atoms with E-state index in [-0.39, 0.29) is 19.4 Å². The van der Waals surface area contributed by atoms with Gasteiger partial charge in [0.2, 0.25) is 23.6 Å². The van der Waals surface area contributed by atoms with Crippen molar-refractivity contribution in [3.05, 3.63) is 83.9 Å². The van der Waals surface area contributed by atoms with Gasteiger partial charge in [-0.15, -0.1) is 0 Å². The Kier molecular flexibility index (Phi) is 10.2. The third kappa shape index (κ3) is 9.54. The molecule has 39 heavy (non-hydrogen) atoms. The molecule has 0 saturated heterocycles. The molecule has 0 radical (unpaired) electrons. The average Bonchev–Trinajstić information content (AvgIpc) is 2.90. The van der Waals surface area contributed by atoms with Gasteiger partial charge in [-0.3, -0.25) is 24.0 Å². The van der Waals surface area contributed by atoms with Gasteiger partial charge in [-0.05, 0) is 49.6 Å². The van der Waals surface area contributed by atoms with E-state index in [0.717, 1.165) is 21.9 Å². The summed E-state index contributed by atoms with van der Waals surface area (Å²) in [6.45, 7) is 7.11. The Balaban J connectivity index is 1.62. The first kappa shape index (κ1) is 29.3. The van der Waals surface area contributed by atoms with Gasteiger partial charge >= 0.3 is 0 Å². The Morgan fingerprint density at radius 2 is 1.46 bits per heavy atom. The summed E-state index contributed by atoms with van der Waals surface area (Å²) in [4.78, 5) is 56.4. The van der Waals surface area contributed by atoms with Crippen LogP contribution in [-0.2, 0) is 37.0 Å². The van der Waals surface area contributed by atoms with Crippen LogP contribution in [0.25, 0.3) is 10.8 Å². The highest BCUT2D eigenvalue weighted by Gasteiger charge is 2.27. The summed E-state index contributed by atoms with van der Waals surface area (Å²) >= 11 is 0. The number of carbonyl (C=O) groups excluding carboxylic acids is 4. The molecule has 0 unspecified atom stereocenters. The molecule has 0 aliphatic heterocycles. The van der Waals surface area contributed by atoms with Crippen LogP contribution in [0.5, 0.6) is 0 Å². The minimum absolute atomic E-state index is 0.0335. The summed E-state index contributed by atoms with van der Waals surface area (Å²) in [5.74, 6) is -2.07. The summed E-state index contributed by atoms with van der Waals surface area (Å²) in [7, 11) is 0. The lowest BCUT2D eigenvalue weighted by Gasteiger charge is -2.23. The Hall–Kier alpha value is -4.24. The van der Waals surface area contributed by atoms with Gasteiger partial charge in [0.1, 0.15) is 12.1 Å². The summed E-state index contributed by atoms with van der Waals surface area (Å²) in [5, 5.41) is 10.2. The number of hydroxylamine groups is 1. The number of rotatable bonds is 11. The first-order valence-electron chi connectivity index (χ1n) is 12.9. The molecule has 0 heterocycles. The van der Waals surface area contributed by atoms with E-state index in [4.69, 9.17) is 4.84 Å². The van der Waals surface area contributed by atoms with Crippen molar-refractivity contribution in [3.63, 3.8) is 0 Å². The third-order valence-electron chi connectivity index (χ3n) is 5.80. The lowest BCUT2D eigenvalue weighted by molar-refractivity contribution is -0.147. The standard InChI is InChI=1S/C30H36N4O5/c1-20(28(37)31-19-23-15-10-14-22-13-8-9-16-24(22)23)32-29(38)25(18-27(36)34-39-30(2,3)4)33-26(35)17-21-11-6-5-7-12-21/h5-16,20,25H,17-19H2,1-4H3,(H,31,37)(H,32,38)(H,33,35)(H,34,36)/t20-,25-/m0/s1. The fourth-order valence-corrected chi connectivity index (χ4v) is 3.83. The molecule has 0 spiro atoms. The van der Waals surface area contributed by atoms with E-state index in [1.165, 1.54) is 0 Å². The minimum Gasteiger partial charge on any atom is -0.350 e. The lowest BCUT2D eigenvalue weighted by Crippen LogP contribution is -2.54. The zero-order chi connectivity index (χ0) is 28.4.